The average Bonchev–Trinajstić information content (AvgIpc) is 2.25. The molecule has 1 amide bonds. The second kappa shape index (κ2) is 5.52. The Kier molecular flexibility index (Phi) is 4.58. The number of rotatable bonds is 3. The summed E-state index contributed by atoms with van der Waals surface area (Å²) in [5, 5.41) is 2.92. The highest BCUT2D eigenvalue weighted by Crippen LogP contribution is 2.14. The Morgan fingerprint density at radius 1 is 1.38 bits per heavy atom. The van der Waals surface area contributed by atoms with E-state index in [0.29, 0.717) is 12.1 Å². The second-order valence-electron chi connectivity index (χ2n) is 4.92. The van der Waals surface area contributed by atoms with Gasteiger partial charge in [0.1, 0.15) is 0 Å². The largest absolute Gasteiger partial charge is 0.352 e. The lowest BCUT2D eigenvalue weighted by Crippen LogP contribution is -2.32. The van der Waals surface area contributed by atoms with Gasteiger partial charge < -0.3 is 8.85 Å². The molecule has 88 valence electrons. The molecule has 1 aromatic carbocycles. The molecule has 0 saturated carbocycles. The molecule has 2 N–H and O–H groups in total. The standard InChI is InChI=1S/C12H17IN2O/c1-12(2,3)8-14-11(16)9-5-4-6-10(7-9)15-13/h4-7,15H,8H2,1-3H3,(H,14,16). The van der Waals surface area contributed by atoms with Gasteiger partial charge >= 0.3 is 0 Å². The maximum atomic E-state index is 11.8. The first-order valence-electron chi connectivity index (χ1n) is 5.17. The molecule has 1 rings (SSSR count). The molecule has 0 radical (unpaired) electrons. The average molecular weight is 332 g/mol. The van der Waals surface area contributed by atoms with Crippen molar-refractivity contribution in [2.75, 3.05) is 10.1 Å². The molecule has 0 aliphatic rings. The van der Waals surface area contributed by atoms with Gasteiger partial charge in [-0.1, -0.05) is 26.8 Å². The van der Waals surface area contributed by atoms with Crippen LogP contribution < -0.4 is 8.85 Å². The molecule has 3 nitrogen and oxygen atoms in total. The van der Waals surface area contributed by atoms with Gasteiger partial charge in [0.2, 0.25) is 0 Å². The third kappa shape index (κ3) is 4.38. The van der Waals surface area contributed by atoms with E-state index in [1.54, 1.807) is 0 Å². The van der Waals surface area contributed by atoms with Crippen molar-refractivity contribution in [2.24, 2.45) is 5.41 Å². The van der Waals surface area contributed by atoms with E-state index in [0.717, 1.165) is 5.69 Å². The number of amides is 1. The lowest BCUT2D eigenvalue weighted by Gasteiger charge is -2.18. The molecule has 0 fully saturated rings. The summed E-state index contributed by atoms with van der Waals surface area (Å²) in [6, 6.07) is 7.44. The molecule has 0 aliphatic heterocycles. The normalized spacial score (nSPS) is 11.0. The molecule has 0 aromatic heterocycles. The molecule has 0 atom stereocenters. The zero-order valence-corrected chi connectivity index (χ0v) is 12.0. The quantitative estimate of drug-likeness (QED) is 0.659. The number of carbonyl (C=O) groups excluding carboxylic acids is 1. The van der Waals surface area contributed by atoms with Crippen molar-refractivity contribution in [3.8, 4) is 0 Å². The van der Waals surface area contributed by atoms with Crippen molar-refractivity contribution in [1.82, 2.24) is 5.32 Å². The monoisotopic (exact) mass is 332 g/mol. The summed E-state index contributed by atoms with van der Waals surface area (Å²) >= 11 is 2.05. The predicted octanol–water partition coefficient (Wildman–Crippen LogP) is 3.22. The van der Waals surface area contributed by atoms with Gasteiger partial charge in [-0.3, -0.25) is 4.79 Å². The van der Waals surface area contributed by atoms with Crippen molar-refractivity contribution >= 4 is 34.5 Å². The van der Waals surface area contributed by atoms with Crippen LogP contribution in [0.3, 0.4) is 0 Å². The third-order valence-electron chi connectivity index (χ3n) is 2.01. The molecule has 0 aliphatic carbocycles. The van der Waals surface area contributed by atoms with E-state index < -0.39 is 0 Å². The fourth-order valence-electron chi connectivity index (χ4n) is 1.17. The third-order valence-corrected chi connectivity index (χ3v) is 2.64. The molecule has 4 heteroatoms. The van der Waals surface area contributed by atoms with Crippen LogP contribution >= 0.6 is 22.9 Å². The van der Waals surface area contributed by atoms with E-state index in [-0.39, 0.29) is 11.3 Å². The minimum absolute atomic E-state index is 0.0246. The van der Waals surface area contributed by atoms with Crippen LogP contribution in [0.15, 0.2) is 24.3 Å². The fourth-order valence-corrected chi connectivity index (χ4v) is 1.50. The zero-order chi connectivity index (χ0) is 12.2. The molecule has 0 unspecified atom stereocenters. The van der Waals surface area contributed by atoms with Gasteiger partial charge in [0.15, 0.2) is 0 Å². The molecule has 0 bridgehead atoms. The molecular formula is C12H17IN2O. The van der Waals surface area contributed by atoms with E-state index in [2.05, 4.69) is 29.6 Å². The second-order valence-corrected chi connectivity index (χ2v) is 5.46. The summed E-state index contributed by atoms with van der Waals surface area (Å²) in [6.45, 7) is 6.95. The fraction of sp³-hybridized carbons (Fsp3) is 0.417. The number of nitrogens with one attached hydrogen (secondary N) is 2. The number of anilines is 1. The summed E-state index contributed by atoms with van der Waals surface area (Å²) < 4.78 is 2.98. The Morgan fingerprint density at radius 2 is 2.06 bits per heavy atom. The minimum atomic E-state index is -0.0246. The van der Waals surface area contributed by atoms with Crippen molar-refractivity contribution < 1.29 is 4.79 Å². The zero-order valence-electron chi connectivity index (χ0n) is 9.80. The summed E-state index contributed by atoms with van der Waals surface area (Å²) in [5.41, 5.74) is 1.73. The Labute approximate surface area is 111 Å². The predicted molar refractivity (Wildman–Crippen MR) is 75.9 cm³/mol. The van der Waals surface area contributed by atoms with Crippen LogP contribution in [-0.4, -0.2) is 12.5 Å². The number of halogens is 1. The minimum Gasteiger partial charge on any atom is -0.352 e. The molecule has 0 heterocycles. The lowest BCUT2D eigenvalue weighted by atomic mass is 9.97. The summed E-state index contributed by atoms with van der Waals surface area (Å²) in [4.78, 5) is 11.8. The van der Waals surface area contributed by atoms with E-state index >= 15 is 0 Å². The first kappa shape index (κ1) is 13.3. The van der Waals surface area contributed by atoms with Crippen LogP contribution in [0.1, 0.15) is 31.1 Å². The van der Waals surface area contributed by atoms with Crippen molar-refractivity contribution in [2.45, 2.75) is 20.8 Å². The number of benzene rings is 1. The summed E-state index contributed by atoms with van der Waals surface area (Å²) in [6.07, 6.45) is 0. The van der Waals surface area contributed by atoms with E-state index in [1.807, 2.05) is 47.1 Å². The first-order valence-corrected chi connectivity index (χ1v) is 6.25. The van der Waals surface area contributed by atoms with E-state index in [9.17, 15) is 4.79 Å². The first-order chi connectivity index (χ1) is 7.42. The van der Waals surface area contributed by atoms with Gasteiger partial charge in [-0.2, -0.15) is 0 Å². The number of hydrogen-bond acceptors (Lipinski definition) is 2. The Bertz CT molecular complexity index is 372. The van der Waals surface area contributed by atoms with Crippen LogP contribution in [0.25, 0.3) is 0 Å². The highest BCUT2D eigenvalue weighted by atomic mass is 127. The van der Waals surface area contributed by atoms with Crippen molar-refractivity contribution in [3.63, 3.8) is 0 Å². The highest BCUT2D eigenvalue weighted by Gasteiger charge is 2.13. The van der Waals surface area contributed by atoms with Crippen molar-refractivity contribution in [1.29, 1.82) is 0 Å². The van der Waals surface area contributed by atoms with Gasteiger partial charge in [-0.15, -0.1) is 0 Å². The van der Waals surface area contributed by atoms with Crippen LogP contribution in [0.5, 0.6) is 0 Å². The van der Waals surface area contributed by atoms with Gasteiger partial charge in [0, 0.05) is 17.8 Å². The van der Waals surface area contributed by atoms with Crippen LogP contribution in [0.4, 0.5) is 5.69 Å². The molecule has 0 saturated heterocycles. The Morgan fingerprint density at radius 3 is 2.62 bits per heavy atom. The topological polar surface area (TPSA) is 41.1 Å². The lowest BCUT2D eigenvalue weighted by molar-refractivity contribution is 0.0939. The number of hydrogen-bond donors (Lipinski definition) is 2. The van der Waals surface area contributed by atoms with Crippen LogP contribution in [-0.2, 0) is 0 Å². The van der Waals surface area contributed by atoms with Crippen LogP contribution in [0.2, 0.25) is 0 Å². The Balaban J connectivity index is 2.66. The smallest absolute Gasteiger partial charge is 0.251 e. The molecule has 0 spiro atoms. The van der Waals surface area contributed by atoms with Crippen LogP contribution in [0, 0.1) is 5.41 Å². The Hall–Kier alpha value is -0.780. The molecule has 16 heavy (non-hydrogen) atoms. The van der Waals surface area contributed by atoms with E-state index in [1.165, 1.54) is 0 Å². The highest BCUT2D eigenvalue weighted by molar-refractivity contribution is 14.1. The molecule has 1 aromatic rings. The SMILES string of the molecule is CC(C)(C)CNC(=O)c1cccc(NI)c1. The van der Waals surface area contributed by atoms with Gasteiger partial charge in [0.05, 0.1) is 22.9 Å². The van der Waals surface area contributed by atoms with Gasteiger partial charge in [-0.25, -0.2) is 0 Å². The van der Waals surface area contributed by atoms with Gasteiger partial charge in [-0.05, 0) is 23.6 Å². The van der Waals surface area contributed by atoms with Gasteiger partial charge in [0.25, 0.3) is 5.91 Å². The molecular weight excluding hydrogens is 315 g/mol. The van der Waals surface area contributed by atoms with Crippen molar-refractivity contribution in [3.05, 3.63) is 29.8 Å². The maximum Gasteiger partial charge on any atom is 0.251 e. The summed E-state index contributed by atoms with van der Waals surface area (Å²) in [7, 11) is 0. The summed E-state index contributed by atoms with van der Waals surface area (Å²) in [5.74, 6) is -0.0246. The number of carbonyl (C=O) groups is 1. The van der Waals surface area contributed by atoms with E-state index in [4.69, 9.17) is 0 Å². The maximum absolute atomic E-state index is 11.8.